The quantitative estimate of drug-likeness (QED) is 0.561. The second-order valence-electron chi connectivity index (χ2n) is 6.36. The third-order valence-electron chi connectivity index (χ3n) is 4.19. The summed E-state index contributed by atoms with van der Waals surface area (Å²) in [6.45, 7) is 3.68. The van der Waals surface area contributed by atoms with Crippen molar-refractivity contribution in [2.45, 2.75) is 26.2 Å². The van der Waals surface area contributed by atoms with Crippen molar-refractivity contribution >= 4 is 11.6 Å². The summed E-state index contributed by atoms with van der Waals surface area (Å²) in [5.41, 5.74) is 2.70. The summed E-state index contributed by atoms with van der Waals surface area (Å²) in [5, 5.41) is 6.81. The van der Waals surface area contributed by atoms with Crippen molar-refractivity contribution in [3.05, 3.63) is 83.7 Å². The fourth-order valence-corrected chi connectivity index (χ4v) is 2.88. The topological polar surface area (TPSA) is 49.8 Å². The number of hydrogen-bond donors (Lipinski definition) is 2. The van der Waals surface area contributed by atoms with Crippen molar-refractivity contribution in [2.24, 2.45) is 0 Å². The van der Waals surface area contributed by atoms with Crippen LogP contribution < -0.4 is 10.6 Å². The Bertz CT molecular complexity index is 788. The molecule has 0 bridgehead atoms. The van der Waals surface area contributed by atoms with E-state index in [1.807, 2.05) is 19.1 Å². The second kappa shape index (κ2) is 9.56. The summed E-state index contributed by atoms with van der Waals surface area (Å²) < 4.78 is 0. The van der Waals surface area contributed by atoms with Gasteiger partial charge in [0.2, 0.25) is 0 Å². The number of aromatic nitrogens is 2. The van der Waals surface area contributed by atoms with Crippen LogP contribution in [0.3, 0.4) is 0 Å². The first kappa shape index (κ1) is 17.9. The molecule has 1 heterocycles. The van der Waals surface area contributed by atoms with Crippen molar-refractivity contribution in [3.8, 4) is 0 Å². The SMILES string of the molecule is Cc1nc(NCCCc2ccccc2)cc(NCCc2ccccc2)n1. The van der Waals surface area contributed by atoms with E-state index in [1.165, 1.54) is 11.1 Å². The Balaban J connectivity index is 1.46. The minimum atomic E-state index is 0.778. The van der Waals surface area contributed by atoms with Crippen LogP contribution in [0.5, 0.6) is 0 Å². The van der Waals surface area contributed by atoms with Gasteiger partial charge < -0.3 is 10.6 Å². The van der Waals surface area contributed by atoms with Crippen LogP contribution in [-0.4, -0.2) is 23.1 Å². The van der Waals surface area contributed by atoms with Crippen molar-refractivity contribution in [3.63, 3.8) is 0 Å². The Hall–Kier alpha value is -2.88. The third-order valence-corrected chi connectivity index (χ3v) is 4.19. The lowest BCUT2D eigenvalue weighted by atomic mass is 10.1. The van der Waals surface area contributed by atoms with Crippen molar-refractivity contribution in [1.29, 1.82) is 0 Å². The molecule has 0 aliphatic carbocycles. The van der Waals surface area contributed by atoms with Gasteiger partial charge in [0.1, 0.15) is 17.5 Å². The molecule has 0 spiro atoms. The maximum absolute atomic E-state index is 4.48. The highest BCUT2D eigenvalue weighted by Crippen LogP contribution is 2.12. The summed E-state index contributed by atoms with van der Waals surface area (Å²) in [6, 6.07) is 23.0. The first-order valence-electron chi connectivity index (χ1n) is 9.21. The van der Waals surface area contributed by atoms with Crippen LogP contribution in [0.2, 0.25) is 0 Å². The van der Waals surface area contributed by atoms with Gasteiger partial charge in [0.05, 0.1) is 0 Å². The van der Waals surface area contributed by atoms with E-state index in [-0.39, 0.29) is 0 Å². The Labute approximate surface area is 155 Å². The smallest absolute Gasteiger partial charge is 0.131 e. The molecule has 26 heavy (non-hydrogen) atoms. The molecule has 0 aliphatic rings. The molecule has 2 N–H and O–H groups in total. The summed E-state index contributed by atoms with van der Waals surface area (Å²) in [4.78, 5) is 8.96. The third kappa shape index (κ3) is 5.88. The molecule has 0 unspecified atom stereocenters. The maximum atomic E-state index is 4.48. The molecule has 0 amide bonds. The van der Waals surface area contributed by atoms with E-state index >= 15 is 0 Å². The summed E-state index contributed by atoms with van der Waals surface area (Å²) >= 11 is 0. The van der Waals surface area contributed by atoms with Crippen LogP contribution in [0.4, 0.5) is 11.6 Å². The second-order valence-corrected chi connectivity index (χ2v) is 6.36. The number of hydrogen-bond acceptors (Lipinski definition) is 4. The van der Waals surface area contributed by atoms with E-state index < -0.39 is 0 Å². The zero-order chi connectivity index (χ0) is 18.0. The van der Waals surface area contributed by atoms with Crippen molar-refractivity contribution < 1.29 is 0 Å². The molecule has 0 radical (unpaired) electrons. The highest BCUT2D eigenvalue weighted by molar-refractivity contribution is 5.47. The fourth-order valence-electron chi connectivity index (χ4n) is 2.88. The number of nitrogens with zero attached hydrogens (tertiary/aromatic N) is 2. The van der Waals surface area contributed by atoms with Gasteiger partial charge in [-0.2, -0.15) is 0 Å². The molecule has 0 saturated carbocycles. The van der Waals surface area contributed by atoms with Crippen molar-refractivity contribution in [1.82, 2.24) is 9.97 Å². The van der Waals surface area contributed by atoms with Gasteiger partial charge in [-0.05, 0) is 37.3 Å². The average molecular weight is 346 g/mol. The van der Waals surface area contributed by atoms with E-state index in [0.717, 1.165) is 49.8 Å². The lowest BCUT2D eigenvalue weighted by molar-refractivity contribution is 0.855. The Morgan fingerprint density at radius 2 is 1.23 bits per heavy atom. The van der Waals surface area contributed by atoms with E-state index in [2.05, 4.69) is 75.2 Å². The lowest BCUT2D eigenvalue weighted by Gasteiger charge is -2.10. The first-order valence-corrected chi connectivity index (χ1v) is 9.21. The molecular formula is C22H26N4. The number of rotatable bonds is 9. The van der Waals surface area contributed by atoms with Crippen LogP contribution in [0, 0.1) is 6.92 Å². The van der Waals surface area contributed by atoms with Gasteiger partial charge in [-0.25, -0.2) is 9.97 Å². The van der Waals surface area contributed by atoms with Crippen LogP contribution in [0.1, 0.15) is 23.4 Å². The molecule has 0 aliphatic heterocycles. The first-order chi connectivity index (χ1) is 12.8. The molecule has 0 fully saturated rings. The van der Waals surface area contributed by atoms with Gasteiger partial charge in [-0.1, -0.05) is 60.7 Å². The molecule has 0 saturated heterocycles. The van der Waals surface area contributed by atoms with E-state index in [1.54, 1.807) is 0 Å². The Kier molecular flexibility index (Phi) is 6.59. The van der Waals surface area contributed by atoms with Gasteiger partial charge in [0.25, 0.3) is 0 Å². The van der Waals surface area contributed by atoms with E-state index in [0.29, 0.717) is 0 Å². The predicted molar refractivity (Wildman–Crippen MR) is 109 cm³/mol. The highest BCUT2D eigenvalue weighted by atomic mass is 15.1. The molecule has 4 heteroatoms. The van der Waals surface area contributed by atoms with Crippen LogP contribution in [-0.2, 0) is 12.8 Å². The Morgan fingerprint density at radius 1 is 0.692 bits per heavy atom. The van der Waals surface area contributed by atoms with Gasteiger partial charge in [0, 0.05) is 19.2 Å². The fraction of sp³-hybridized carbons (Fsp3) is 0.273. The van der Waals surface area contributed by atoms with Gasteiger partial charge in [0.15, 0.2) is 0 Å². The van der Waals surface area contributed by atoms with Gasteiger partial charge in [-0.3, -0.25) is 0 Å². The van der Waals surface area contributed by atoms with E-state index in [9.17, 15) is 0 Å². The number of anilines is 2. The zero-order valence-corrected chi connectivity index (χ0v) is 15.3. The standard InChI is InChI=1S/C22H26N4/c1-18-25-21(23-15-8-13-19-9-4-2-5-10-19)17-22(26-18)24-16-14-20-11-6-3-7-12-20/h2-7,9-12,17H,8,13-16H2,1H3,(H2,23,24,25,26). The molecule has 1 aromatic heterocycles. The number of nitrogens with one attached hydrogen (secondary N) is 2. The highest BCUT2D eigenvalue weighted by Gasteiger charge is 2.02. The van der Waals surface area contributed by atoms with Crippen LogP contribution in [0.25, 0.3) is 0 Å². The molecular weight excluding hydrogens is 320 g/mol. The molecule has 3 rings (SSSR count). The van der Waals surface area contributed by atoms with E-state index in [4.69, 9.17) is 0 Å². The van der Waals surface area contributed by atoms with Crippen LogP contribution in [0.15, 0.2) is 66.7 Å². The van der Waals surface area contributed by atoms with Crippen LogP contribution >= 0.6 is 0 Å². The largest absolute Gasteiger partial charge is 0.370 e. The van der Waals surface area contributed by atoms with Gasteiger partial charge >= 0.3 is 0 Å². The number of benzene rings is 2. The molecule has 3 aromatic rings. The van der Waals surface area contributed by atoms with Crippen molar-refractivity contribution in [2.75, 3.05) is 23.7 Å². The molecule has 4 nitrogen and oxygen atoms in total. The lowest BCUT2D eigenvalue weighted by Crippen LogP contribution is -2.10. The Morgan fingerprint density at radius 3 is 1.85 bits per heavy atom. The minimum Gasteiger partial charge on any atom is -0.370 e. The molecule has 134 valence electrons. The maximum Gasteiger partial charge on any atom is 0.131 e. The van der Waals surface area contributed by atoms with Gasteiger partial charge in [-0.15, -0.1) is 0 Å². The average Bonchev–Trinajstić information content (AvgIpc) is 2.67. The molecule has 0 atom stereocenters. The predicted octanol–water partition coefficient (Wildman–Crippen LogP) is 4.48. The summed E-state index contributed by atoms with van der Waals surface area (Å²) in [6.07, 6.45) is 3.12. The zero-order valence-electron chi connectivity index (χ0n) is 15.3. The summed E-state index contributed by atoms with van der Waals surface area (Å²) in [7, 11) is 0. The monoisotopic (exact) mass is 346 g/mol. The number of aryl methyl sites for hydroxylation is 2. The summed E-state index contributed by atoms with van der Waals surface area (Å²) in [5.74, 6) is 2.53. The molecule has 2 aromatic carbocycles. The normalized spacial score (nSPS) is 10.5. The minimum absolute atomic E-state index is 0.778.